The molecule has 3 nitrogen and oxygen atoms in total. The quantitative estimate of drug-likeness (QED) is 0.925. The Kier molecular flexibility index (Phi) is 4.67. The van der Waals surface area contributed by atoms with Gasteiger partial charge in [0, 0.05) is 55.0 Å². The Bertz CT molecular complexity index is 523. The molecule has 0 saturated carbocycles. The molecular formula is C18H28ClN3. The molecule has 0 aliphatic carbocycles. The van der Waals surface area contributed by atoms with Crippen molar-refractivity contribution in [2.24, 2.45) is 11.1 Å². The van der Waals surface area contributed by atoms with Crippen LogP contribution in [0.4, 0.5) is 5.69 Å². The van der Waals surface area contributed by atoms with E-state index in [-0.39, 0.29) is 5.41 Å². The van der Waals surface area contributed by atoms with Crippen LogP contribution in [0, 0.1) is 5.41 Å². The Balaban J connectivity index is 1.80. The van der Waals surface area contributed by atoms with Crippen molar-refractivity contribution in [3.05, 3.63) is 28.8 Å². The van der Waals surface area contributed by atoms with E-state index in [0.29, 0.717) is 6.04 Å². The molecule has 2 heterocycles. The molecule has 3 rings (SSSR count). The standard InChI is InChI=1S/C18H28ClN3/c1-18(2)13-21(11-8-17(18)20)12-14-15(19)6-5-7-16(14)22-9-3-4-10-22/h5-7,17H,3-4,8-13,20H2,1-2H3. The number of piperidine rings is 1. The van der Waals surface area contributed by atoms with Crippen LogP contribution in [-0.2, 0) is 6.54 Å². The molecule has 1 aromatic carbocycles. The molecule has 22 heavy (non-hydrogen) atoms. The maximum Gasteiger partial charge on any atom is 0.0471 e. The number of nitrogens with zero attached hydrogens (tertiary/aromatic N) is 2. The van der Waals surface area contributed by atoms with Crippen LogP contribution < -0.4 is 10.6 Å². The number of hydrogen-bond acceptors (Lipinski definition) is 3. The summed E-state index contributed by atoms with van der Waals surface area (Å²) in [5.74, 6) is 0. The molecule has 2 fully saturated rings. The van der Waals surface area contributed by atoms with Gasteiger partial charge in [0.05, 0.1) is 0 Å². The predicted octanol–water partition coefficient (Wildman–Crippen LogP) is 3.50. The van der Waals surface area contributed by atoms with E-state index >= 15 is 0 Å². The molecule has 122 valence electrons. The molecule has 0 aromatic heterocycles. The lowest BCUT2D eigenvalue weighted by atomic mass is 9.79. The molecule has 2 aliphatic heterocycles. The first kappa shape index (κ1) is 16.1. The van der Waals surface area contributed by atoms with Crippen LogP contribution in [0.25, 0.3) is 0 Å². The summed E-state index contributed by atoms with van der Waals surface area (Å²) in [4.78, 5) is 5.01. The number of hydrogen-bond donors (Lipinski definition) is 1. The number of nitrogens with two attached hydrogens (primary N) is 1. The van der Waals surface area contributed by atoms with Crippen molar-refractivity contribution in [1.29, 1.82) is 0 Å². The van der Waals surface area contributed by atoms with Gasteiger partial charge in [0.25, 0.3) is 0 Å². The summed E-state index contributed by atoms with van der Waals surface area (Å²) in [6.07, 6.45) is 3.64. The van der Waals surface area contributed by atoms with Gasteiger partial charge in [-0.1, -0.05) is 31.5 Å². The van der Waals surface area contributed by atoms with Crippen molar-refractivity contribution < 1.29 is 0 Å². The van der Waals surface area contributed by atoms with Gasteiger partial charge < -0.3 is 10.6 Å². The van der Waals surface area contributed by atoms with Crippen LogP contribution in [0.3, 0.4) is 0 Å². The lowest BCUT2D eigenvalue weighted by Crippen LogP contribution is -2.52. The number of likely N-dealkylation sites (tertiary alicyclic amines) is 1. The van der Waals surface area contributed by atoms with Crippen LogP contribution in [-0.4, -0.2) is 37.1 Å². The van der Waals surface area contributed by atoms with E-state index in [4.69, 9.17) is 17.3 Å². The Labute approximate surface area is 139 Å². The molecule has 1 unspecified atom stereocenters. The largest absolute Gasteiger partial charge is 0.371 e. The molecule has 1 aromatic rings. The highest BCUT2D eigenvalue weighted by atomic mass is 35.5. The van der Waals surface area contributed by atoms with Crippen LogP contribution in [0.2, 0.25) is 5.02 Å². The predicted molar refractivity (Wildman–Crippen MR) is 94.5 cm³/mol. The van der Waals surface area contributed by atoms with E-state index in [0.717, 1.165) is 44.2 Å². The second-order valence-corrected chi connectivity index (χ2v) is 7.93. The van der Waals surface area contributed by atoms with Crippen molar-refractivity contribution in [3.63, 3.8) is 0 Å². The van der Waals surface area contributed by atoms with E-state index in [1.165, 1.54) is 24.1 Å². The van der Waals surface area contributed by atoms with Crippen molar-refractivity contribution in [3.8, 4) is 0 Å². The monoisotopic (exact) mass is 321 g/mol. The highest BCUT2D eigenvalue weighted by molar-refractivity contribution is 6.31. The third-order valence-electron chi connectivity index (χ3n) is 5.31. The summed E-state index contributed by atoms with van der Waals surface area (Å²) in [5, 5.41) is 0.900. The SMILES string of the molecule is CC1(C)CN(Cc2c(Cl)cccc2N2CCCC2)CCC1N. The lowest BCUT2D eigenvalue weighted by molar-refractivity contribution is 0.0900. The average Bonchev–Trinajstić information content (AvgIpc) is 2.99. The number of halogens is 1. The van der Waals surface area contributed by atoms with E-state index in [9.17, 15) is 0 Å². The normalized spacial score (nSPS) is 25.6. The first-order valence-electron chi connectivity index (χ1n) is 8.48. The van der Waals surface area contributed by atoms with Gasteiger partial charge >= 0.3 is 0 Å². The molecule has 0 bridgehead atoms. The van der Waals surface area contributed by atoms with E-state index in [2.05, 4.69) is 35.8 Å². The Hall–Kier alpha value is -0.770. The zero-order chi connectivity index (χ0) is 15.7. The fourth-order valence-corrected chi connectivity index (χ4v) is 4.03. The van der Waals surface area contributed by atoms with Crippen LogP contribution >= 0.6 is 11.6 Å². The Morgan fingerprint density at radius 2 is 1.95 bits per heavy atom. The maximum absolute atomic E-state index is 6.55. The minimum absolute atomic E-state index is 0.174. The number of rotatable bonds is 3. The van der Waals surface area contributed by atoms with Crippen molar-refractivity contribution >= 4 is 17.3 Å². The summed E-state index contributed by atoms with van der Waals surface area (Å²) >= 11 is 6.55. The molecule has 2 aliphatic rings. The first-order chi connectivity index (χ1) is 10.5. The van der Waals surface area contributed by atoms with E-state index in [1.54, 1.807) is 0 Å². The minimum atomic E-state index is 0.174. The maximum atomic E-state index is 6.55. The molecule has 4 heteroatoms. The Morgan fingerprint density at radius 1 is 1.23 bits per heavy atom. The fourth-order valence-electron chi connectivity index (χ4n) is 3.80. The van der Waals surface area contributed by atoms with Crippen molar-refractivity contribution in [1.82, 2.24) is 4.90 Å². The molecule has 0 spiro atoms. The number of benzene rings is 1. The molecule has 2 saturated heterocycles. The second kappa shape index (κ2) is 6.38. The zero-order valence-electron chi connectivity index (χ0n) is 13.8. The third-order valence-corrected chi connectivity index (χ3v) is 5.67. The Morgan fingerprint density at radius 3 is 2.64 bits per heavy atom. The number of anilines is 1. The van der Waals surface area contributed by atoms with E-state index in [1.807, 2.05) is 6.07 Å². The van der Waals surface area contributed by atoms with Gasteiger partial charge in [-0.05, 0) is 36.8 Å². The van der Waals surface area contributed by atoms with Gasteiger partial charge in [0.2, 0.25) is 0 Å². The second-order valence-electron chi connectivity index (χ2n) is 7.53. The summed E-state index contributed by atoms with van der Waals surface area (Å²) in [5.41, 5.74) is 9.06. The van der Waals surface area contributed by atoms with Crippen LogP contribution in [0.5, 0.6) is 0 Å². The average molecular weight is 322 g/mol. The molecule has 2 N–H and O–H groups in total. The van der Waals surface area contributed by atoms with Gasteiger partial charge in [-0.25, -0.2) is 0 Å². The summed E-state index contributed by atoms with van der Waals surface area (Å²) in [6, 6.07) is 6.63. The molecule has 0 amide bonds. The van der Waals surface area contributed by atoms with Gasteiger partial charge in [-0.2, -0.15) is 0 Å². The summed E-state index contributed by atoms with van der Waals surface area (Å²) < 4.78 is 0. The zero-order valence-corrected chi connectivity index (χ0v) is 14.6. The summed E-state index contributed by atoms with van der Waals surface area (Å²) in [7, 11) is 0. The van der Waals surface area contributed by atoms with Gasteiger partial charge in [0.1, 0.15) is 0 Å². The van der Waals surface area contributed by atoms with Gasteiger partial charge in [-0.15, -0.1) is 0 Å². The van der Waals surface area contributed by atoms with Gasteiger partial charge in [0.15, 0.2) is 0 Å². The summed E-state index contributed by atoms with van der Waals surface area (Å²) in [6.45, 7) is 9.90. The van der Waals surface area contributed by atoms with Crippen LogP contribution in [0.15, 0.2) is 18.2 Å². The third kappa shape index (κ3) is 3.27. The van der Waals surface area contributed by atoms with Gasteiger partial charge in [-0.3, -0.25) is 4.90 Å². The smallest absolute Gasteiger partial charge is 0.0471 e. The first-order valence-corrected chi connectivity index (χ1v) is 8.85. The molecule has 1 atom stereocenters. The van der Waals surface area contributed by atoms with Crippen LogP contribution in [0.1, 0.15) is 38.7 Å². The lowest BCUT2D eigenvalue weighted by Gasteiger charge is -2.43. The molecule has 0 radical (unpaired) electrons. The molecular weight excluding hydrogens is 294 g/mol. The highest BCUT2D eigenvalue weighted by Crippen LogP contribution is 2.34. The topological polar surface area (TPSA) is 32.5 Å². The van der Waals surface area contributed by atoms with Crippen molar-refractivity contribution in [2.45, 2.75) is 45.7 Å². The van der Waals surface area contributed by atoms with Crippen molar-refractivity contribution in [2.75, 3.05) is 31.1 Å². The minimum Gasteiger partial charge on any atom is -0.371 e. The highest BCUT2D eigenvalue weighted by Gasteiger charge is 2.33. The fraction of sp³-hybridized carbons (Fsp3) is 0.667. The van der Waals surface area contributed by atoms with E-state index < -0.39 is 0 Å².